The van der Waals surface area contributed by atoms with Crippen molar-refractivity contribution in [2.75, 3.05) is 0 Å². The molecule has 1 fully saturated rings. The molecule has 0 atom stereocenters. The van der Waals surface area contributed by atoms with Crippen LogP contribution >= 0.6 is 0 Å². The highest BCUT2D eigenvalue weighted by Crippen LogP contribution is 2.48. The van der Waals surface area contributed by atoms with Crippen LogP contribution in [0.5, 0.6) is 0 Å². The number of aliphatic imine (C=N–C) groups is 1. The second kappa shape index (κ2) is 4.36. The lowest BCUT2D eigenvalue weighted by atomic mass is 9.58. The lowest BCUT2D eigenvalue weighted by Crippen LogP contribution is -2.50. The van der Waals surface area contributed by atoms with Gasteiger partial charge in [0.05, 0.1) is 5.41 Å². The van der Waals surface area contributed by atoms with Crippen LogP contribution in [-0.4, -0.2) is 5.84 Å². The molecule has 0 spiro atoms. The molecule has 1 aromatic rings. The predicted octanol–water partition coefficient (Wildman–Crippen LogP) is 3.16. The molecule has 1 aromatic carbocycles. The van der Waals surface area contributed by atoms with E-state index in [1.807, 2.05) is 0 Å². The Morgan fingerprint density at radius 3 is 2.76 bits per heavy atom. The van der Waals surface area contributed by atoms with Crippen LogP contribution in [0.25, 0.3) is 0 Å². The third-order valence-electron chi connectivity index (χ3n) is 3.69. The van der Waals surface area contributed by atoms with Gasteiger partial charge in [0, 0.05) is 6.20 Å². The average Bonchev–Trinajstić information content (AvgIpc) is 2.24. The fraction of sp³-hybridized carbons (Fsp3) is 0.400. The van der Waals surface area contributed by atoms with Crippen molar-refractivity contribution in [1.29, 1.82) is 0 Å². The molecule has 2 heteroatoms. The van der Waals surface area contributed by atoms with Gasteiger partial charge in [-0.2, -0.15) is 0 Å². The summed E-state index contributed by atoms with van der Waals surface area (Å²) in [4.78, 5) is 4.22. The van der Waals surface area contributed by atoms with Gasteiger partial charge < -0.3 is 5.73 Å². The Balaban J connectivity index is 2.42. The second-order valence-corrected chi connectivity index (χ2v) is 5.16. The molecule has 1 aliphatic rings. The molecule has 0 bridgehead atoms. The predicted molar refractivity (Wildman–Crippen MR) is 73.1 cm³/mol. The van der Waals surface area contributed by atoms with Crippen LogP contribution in [0.1, 0.15) is 30.9 Å². The molecule has 2 N–H and O–H groups in total. The van der Waals surface area contributed by atoms with Gasteiger partial charge in [-0.05, 0) is 31.2 Å². The van der Waals surface area contributed by atoms with E-state index in [0.29, 0.717) is 11.8 Å². The smallest absolute Gasteiger partial charge is 0.110 e. The summed E-state index contributed by atoms with van der Waals surface area (Å²) in [5, 5.41) is 0. The van der Waals surface area contributed by atoms with Gasteiger partial charge in [-0.1, -0.05) is 43.3 Å². The Hall–Kier alpha value is -1.57. The third-order valence-corrected chi connectivity index (χ3v) is 3.69. The molecular weight excluding hydrogens is 208 g/mol. The van der Waals surface area contributed by atoms with E-state index in [-0.39, 0.29) is 5.41 Å². The van der Waals surface area contributed by atoms with Crippen molar-refractivity contribution in [3.63, 3.8) is 0 Å². The highest BCUT2D eigenvalue weighted by atomic mass is 14.9. The molecule has 0 aromatic heterocycles. The quantitative estimate of drug-likeness (QED) is 0.626. The van der Waals surface area contributed by atoms with E-state index in [2.05, 4.69) is 49.7 Å². The molecule has 0 heterocycles. The lowest BCUT2D eigenvalue weighted by molar-refractivity contribution is 0.228. The van der Waals surface area contributed by atoms with Crippen LogP contribution in [0.2, 0.25) is 0 Å². The summed E-state index contributed by atoms with van der Waals surface area (Å²) in [5.41, 5.74) is 8.65. The third kappa shape index (κ3) is 1.99. The van der Waals surface area contributed by atoms with Crippen molar-refractivity contribution in [3.8, 4) is 0 Å². The zero-order valence-electron chi connectivity index (χ0n) is 10.6. The number of nitrogens with zero attached hydrogens (tertiary/aromatic N) is 1. The van der Waals surface area contributed by atoms with Gasteiger partial charge >= 0.3 is 0 Å². The fourth-order valence-corrected chi connectivity index (χ4v) is 2.89. The summed E-state index contributed by atoms with van der Waals surface area (Å²) in [6.07, 6.45) is 3.70. The second-order valence-electron chi connectivity index (χ2n) is 5.16. The SMILES string of the molecule is C=CN=C(N)C1(c2cccc(C)c2)CC(C)C1. The number of benzene rings is 1. The van der Waals surface area contributed by atoms with Gasteiger partial charge in [0.1, 0.15) is 5.84 Å². The van der Waals surface area contributed by atoms with Gasteiger partial charge in [0.15, 0.2) is 0 Å². The first kappa shape index (κ1) is 11.9. The summed E-state index contributed by atoms with van der Waals surface area (Å²) < 4.78 is 0. The van der Waals surface area contributed by atoms with Crippen LogP contribution in [0, 0.1) is 12.8 Å². The van der Waals surface area contributed by atoms with Crippen molar-refractivity contribution in [3.05, 3.63) is 48.2 Å². The van der Waals surface area contributed by atoms with Gasteiger partial charge in [0.25, 0.3) is 0 Å². The first-order valence-corrected chi connectivity index (χ1v) is 6.10. The number of aryl methyl sites for hydroxylation is 1. The Kier molecular flexibility index (Phi) is 3.05. The zero-order valence-corrected chi connectivity index (χ0v) is 10.6. The molecule has 0 amide bonds. The highest BCUT2D eigenvalue weighted by molar-refractivity contribution is 5.93. The lowest BCUT2D eigenvalue weighted by Gasteiger charge is -2.46. The van der Waals surface area contributed by atoms with Crippen molar-refractivity contribution in [1.82, 2.24) is 0 Å². The standard InChI is InChI=1S/C15H20N2/c1-4-17-14(16)15(9-12(3)10-15)13-7-5-6-11(2)8-13/h4-8,12H,1,9-10H2,2-3H3,(H2,16,17). The summed E-state index contributed by atoms with van der Waals surface area (Å²) in [6.45, 7) is 8.01. The van der Waals surface area contributed by atoms with Crippen LogP contribution < -0.4 is 5.73 Å². The van der Waals surface area contributed by atoms with Crippen LogP contribution in [-0.2, 0) is 5.41 Å². The van der Waals surface area contributed by atoms with Gasteiger partial charge in [-0.25, -0.2) is 4.99 Å². The van der Waals surface area contributed by atoms with Crippen LogP contribution in [0.15, 0.2) is 42.0 Å². The maximum absolute atomic E-state index is 6.15. The zero-order chi connectivity index (χ0) is 12.5. The van der Waals surface area contributed by atoms with Crippen molar-refractivity contribution in [2.45, 2.75) is 32.1 Å². The van der Waals surface area contributed by atoms with Gasteiger partial charge in [-0.3, -0.25) is 0 Å². The number of nitrogens with two attached hydrogens (primary N) is 1. The summed E-state index contributed by atoms with van der Waals surface area (Å²) >= 11 is 0. The molecule has 0 saturated heterocycles. The van der Waals surface area contributed by atoms with Crippen molar-refractivity contribution < 1.29 is 0 Å². The van der Waals surface area contributed by atoms with Crippen LogP contribution in [0.4, 0.5) is 0 Å². The molecule has 17 heavy (non-hydrogen) atoms. The molecule has 1 aliphatic carbocycles. The number of hydrogen-bond acceptors (Lipinski definition) is 1. The summed E-state index contributed by atoms with van der Waals surface area (Å²) in [5.74, 6) is 1.42. The Morgan fingerprint density at radius 1 is 1.53 bits per heavy atom. The van der Waals surface area contributed by atoms with E-state index in [1.54, 1.807) is 0 Å². The Labute approximate surface area is 103 Å². The van der Waals surface area contributed by atoms with Gasteiger partial charge in [0.2, 0.25) is 0 Å². The summed E-state index contributed by atoms with van der Waals surface area (Å²) in [7, 11) is 0. The van der Waals surface area contributed by atoms with E-state index in [1.165, 1.54) is 17.3 Å². The molecule has 0 aliphatic heterocycles. The molecule has 90 valence electrons. The van der Waals surface area contributed by atoms with E-state index >= 15 is 0 Å². The monoisotopic (exact) mass is 228 g/mol. The maximum atomic E-state index is 6.15. The first-order valence-electron chi connectivity index (χ1n) is 6.10. The number of amidine groups is 1. The molecule has 2 nitrogen and oxygen atoms in total. The normalized spacial score (nSPS) is 28.6. The number of rotatable bonds is 3. The highest BCUT2D eigenvalue weighted by Gasteiger charge is 2.46. The Morgan fingerprint density at radius 2 is 2.24 bits per heavy atom. The minimum absolute atomic E-state index is 0.0559. The van der Waals surface area contributed by atoms with E-state index < -0.39 is 0 Å². The fourth-order valence-electron chi connectivity index (χ4n) is 2.89. The first-order chi connectivity index (χ1) is 8.08. The largest absolute Gasteiger partial charge is 0.386 e. The van der Waals surface area contributed by atoms with Crippen molar-refractivity contribution >= 4 is 5.84 Å². The van der Waals surface area contributed by atoms with E-state index in [0.717, 1.165) is 12.8 Å². The van der Waals surface area contributed by atoms with Gasteiger partial charge in [-0.15, -0.1) is 0 Å². The average molecular weight is 228 g/mol. The molecular formula is C15H20N2. The topological polar surface area (TPSA) is 38.4 Å². The summed E-state index contributed by atoms with van der Waals surface area (Å²) in [6, 6.07) is 8.58. The molecule has 0 unspecified atom stereocenters. The minimum atomic E-state index is -0.0559. The molecule has 1 saturated carbocycles. The Bertz CT molecular complexity index is 454. The number of hydrogen-bond donors (Lipinski definition) is 1. The molecule has 2 rings (SSSR count). The maximum Gasteiger partial charge on any atom is 0.110 e. The van der Waals surface area contributed by atoms with E-state index in [4.69, 9.17) is 5.73 Å². The molecule has 0 radical (unpaired) electrons. The van der Waals surface area contributed by atoms with Crippen LogP contribution in [0.3, 0.4) is 0 Å². The minimum Gasteiger partial charge on any atom is -0.386 e. The van der Waals surface area contributed by atoms with E-state index in [9.17, 15) is 0 Å². The van der Waals surface area contributed by atoms with Crippen molar-refractivity contribution in [2.24, 2.45) is 16.6 Å².